The van der Waals surface area contributed by atoms with Crippen LogP contribution >= 0.6 is 15.9 Å². The summed E-state index contributed by atoms with van der Waals surface area (Å²) in [5.41, 5.74) is 2.30. The number of aliphatic hydroxyl groups is 1. The number of ether oxygens (including phenoxy) is 1. The minimum absolute atomic E-state index is 0.542. The van der Waals surface area contributed by atoms with Crippen LogP contribution < -0.4 is 0 Å². The molecular formula is C13H16BrN3O2. The molecule has 2 aromatic rings. The summed E-state index contributed by atoms with van der Waals surface area (Å²) in [5.74, 6) is 0. The Morgan fingerprint density at radius 3 is 3.00 bits per heavy atom. The second kappa shape index (κ2) is 6.27. The molecule has 0 amide bonds. The quantitative estimate of drug-likeness (QED) is 0.914. The number of aryl methyl sites for hydroxylation is 1. The number of pyridine rings is 1. The van der Waals surface area contributed by atoms with Gasteiger partial charge in [0.15, 0.2) is 0 Å². The molecule has 0 fully saturated rings. The lowest BCUT2D eigenvalue weighted by atomic mass is 10.1. The maximum Gasteiger partial charge on any atom is 0.124 e. The molecular weight excluding hydrogens is 310 g/mol. The third kappa shape index (κ3) is 3.02. The second-order valence-corrected chi connectivity index (χ2v) is 5.03. The highest BCUT2D eigenvalue weighted by Crippen LogP contribution is 2.29. The minimum Gasteiger partial charge on any atom is -0.383 e. The van der Waals surface area contributed by atoms with Crippen LogP contribution in [0.5, 0.6) is 0 Å². The number of methoxy groups -OCH3 is 1. The monoisotopic (exact) mass is 325 g/mol. The Labute approximate surface area is 120 Å². The van der Waals surface area contributed by atoms with E-state index in [4.69, 9.17) is 4.74 Å². The number of aromatic nitrogens is 3. The van der Waals surface area contributed by atoms with Crippen LogP contribution in [0.3, 0.4) is 0 Å². The van der Waals surface area contributed by atoms with Gasteiger partial charge in [-0.15, -0.1) is 0 Å². The molecule has 0 saturated heterocycles. The fourth-order valence-electron chi connectivity index (χ4n) is 1.93. The summed E-state index contributed by atoms with van der Waals surface area (Å²) < 4.78 is 7.57. The van der Waals surface area contributed by atoms with Crippen molar-refractivity contribution < 1.29 is 9.84 Å². The molecule has 6 heteroatoms. The van der Waals surface area contributed by atoms with Crippen molar-refractivity contribution in [2.45, 2.75) is 19.6 Å². The molecule has 0 radical (unpaired) electrons. The average Bonchev–Trinajstić information content (AvgIpc) is 2.77. The van der Waals surface area contributed by atoms with Crippen LogP contribution in [-0.2, 0) is 11.3 Å². The van der Waals surface area contributed by atoms with E-state index in [0.29, 0.717) is 18.8 Å². The van der Waals surface area contributed by atoms with E-state index in [2.05, 4.69) is 26.0 Å². The van der Waals surface area contributed by atoms with Gasteiger partial charge in [0.25, 0.3) is 0 Å². The van der Waals surface area contributed by atoms with Crippen LogP contribution in [0, 0.1) is 6.92 Å². The Morgan fingerprint density at radius 1 is 1.53 bits per heavy atom. The molecule has 0 aliphatic carbocycles. The van der Waals surface area contributed by atoms with E-state index in [1.165, 1.54) is 0 Å². The van der Waals surface area contributed by atoms with Crippen LogP contribution in [0.15, 0.2) is 29.0 Å². The largest absolute Gasteiger partial charge is 0.383 e. The number of rotatable bonds is 5. The molecule has 102 valence electrons. The Balaban J connectivity index is 2.35. The van der Waals surface area contributed by atoms with Crippen molar-refractivity contribution >= 4 is 15.9 Å². The normalized spacial score (nSPS) is 12.6. The van der Waals surface area contributed by atoms with E-state index in [1.54, 1.807) is 24.2 Å². The molecule has 0 spiro atoms. The topological polar surface area (TPSA) is 60.2 Å². The molecule has 2 heterocycles. The van der Waals surface area contributed by atoms with Crippen molar-refractivity contribution in [2.75, 3.05) is 13.7 Å². The maximum absolute atomic E-state index is 10.6. The van der Waals surface area contributed by atoms with Crippen molar-refractivity contribution in [3.05, 3.63) is 46.0 Å². The molecule has 0 bridgehead atoms. The lowest BCUT2D eigenvalue weighted by Gasteiger charge is -2.15. The summed E-state index contributed by atoms with van der Waals surface area (Å²) in [6, 6.07) is 3.68. The Kier molecular flexibility index (Phi) is 4.68. The van der Waals surface area contributed by atoms with E-state index >= 15 is 0 Å². The first-order chi connectivity index (χ1) is 9.15. The number of halogens is 1. The van der Waals surface area contributed by atoms with E-state index in [9.17, 15) is 5.11 Å². The zero-order chi connectivity index (χ0) is 13.8. The van der Waals surface area contributed by atoms with Crippen LogP contribution in [0.25, 0.3) is 0 Å². The Bertz CT molecular complexity index is 557. The van der Waals surface area contributed by atoms with Crippen LogP contribution in [0.4, 0.5) is 0 Å². The first-order valence-electron chi connectivity index (χ1n) is 5.95. The number of nitrogens with zero attached hydrogens (tertiary/aromatic N) is 3. The van der Waals surface area contributed by atoms with E-state index in [-0.39, 0.29) is 0 Å². The van der Waals surface area contributed by atoms with Gasteiger partial charge in [0.05, 0.1) is 29.5 Å². The van der Waals surface area contributed by atoms with Crippen molar-refractivity contribution in [3.8, 4) is 0 Å². The fraction of sp³-hybridized carbons (Fsp3) is 0.385. The molecule has 5 nitrogen and oxygen atoms in total. The van der Waals surface area contributed by atoms with Gasteiger partial charge in [-0.1, -0.05) is 6.07 Å². The van der Waals surface area contributed by atoms with Gasteiger partial charge in [-0.3, -0.25) is 9.67 Å². The van der Waals surface area contributed by atoms with Gasteiger partial charge in [-0.25, -0.2) is 0 Å². The molecule has 0 aliphatic heterocycles. The van der Waals surface area contributed by atoms with Gasteiger partial charge < -0.3 is 9.84 Å². The summed E-state index contributed by atoms with van der Waals surface area (Å²) >= 11 is 3.43. The smallest absolute Gasteiger partial charge is 0.124 e. The van der Waals surface area contributed by atoms with Gasteiger partial charge in [-0.2, -0.15) is 5.10 Å². The first-order valence-corrected chi connectivity index (χ1v) is 6.74. The zero-order valence-electron chi connectivity index (χ0n) is 10.9. The standard InChI is InChI=1S/C13H16BrN3O2/c1-9-10(4-3-5-15-9)13(18)12-11(14)8-16-17(12)6-7-19-2/h3-5,8,13,18H,6-7H2,1-2H3. The third-order valence-electron chi connectivity index (χ3n) is 2.94. The molecule has 1 N–H and O–H groups in total. The lowest BCUT2D eigenvalue weighted by Crippen LogP contribution is -2.14. The SMILES string of the molecule is COCCn1ncc(Br)c1C(O)c1cccnc1C. The van der Waals surface area contributed by atoms with Gasteiger partial charge in [0.1, 0.15) is 6.10 Å². The van der Waals surface area contributed by atoms with Crippen molar-refractivity contribution in [1.29, 1.82) is 0 Å². The molecule has 1 atom stereocenters. The van der Waals surface area contributed by atoms with Crippen molar-refractivity contribution in [1.82, 2.24) is 14.8 Å². The van der Waals surface area contributed by atoms with Crippen molar-refractivity contribution in [2.24, 2.45) is 0 Å². The highest BCUT2D eigenvalue weighted by Gasteiger charge is 2.21. The highest BCUT2D eigenvalue weighted by molar-refractivity contribution is 9.10. The molecule has 2 aromatic heterocycles. The number of hydrogen-bond acceptors (Lipinski definition) is 4. The lowest BCUT2D eigenvalue weighted by molar-refractivity contribution is 0.170. The first kappa shape index (κ1) is 14.2. The fourth-order valence-corrected chi connectivity index (χ4v) is 2.45. The van der Waals surface area contributed by atoms with Crippen LogP contribution in [0.1, 0.15) is 23.1 Å². The Morgan fingerprint density at radius 2 is 2.32 bits per heavy atom. The molecule has 1 unspecified atom stereocenters. The van der Waals surface area contributed by atoms with E-state index < -0.39 is 6.10 Å². The van der Waals surface area contributed by atoms with Gasteiger partial charge in [0, 0.05) is 24.6 Å². The maximum atomic E-state index is 10.6. The van der Waals surface area contributed by atoms with Gasteiger partial charge >= 0.3 is 0 Å². The summed E-state index contributed by atoms with van der Waals surface area (Å²) in [6.45, 7) is 3.01. The average molecular weight is 326 g/mol. The van der Waals surface area contributed by atoms with E-state index in [0.717, 1.165) is 15.7 Å². The van der Waals surface area contributed by atoms with Crippen molar-refractivity contribution in [3.63, 3.8) is 0 Å². The summed E-state index contributed by atoms with van der Waals surface area (Å²) in [5, 5.41) is 14.8. The second-order valence-electron chi connectivity index (χ2n) is 4.17. The highest BCUT2D eigenvalue weighted by atomic mass is 79.9. The zero-order valence-corrected chi connectivity index (χ0v) is 12.5. The van der Waals surface area contributed by atoms with E-state index in [1.807, 2.05) is 19.1 Å². The van der Waals surface area contributed by atoms with Crippen LogP contribution in [-0.4, -0.2) is 33.6 Å². The minimum atomic E-state index is -0.762. The molecule has 2 rings (SSSR count). The number of hydrogen-bond donors (Lipinski definition) is 1. The summed E-state index contributed by atoms with van der Waals surface area (Å²) in [6.07, 6.45) is 2.63. The molecule has 0 saturated carbocycles. The molecule has 0 aromatic carbocycles. The third-order valence-corrected chi connectivity index (χ3v) is 3.55. The van der Waals surface area contributed by atoms with Gasteiger partial charge in [0.2, 0.25) is 0 Å². The molecule has 19 heavy (non-hydrogen) atoms. The Hall–Kier alpha value is -1.24. The molecule has 0 aliphatic rings. The number of aliphatic hydroxyl groups excluding tert-OH is 1. The van der Waals surface area contributed by atoms with Gasteiger partial charge in [-0.05, 0) is 28.9 Å². The predicted octanol–water partition coefficient (Wildman–Crippen LogP) is 2.08. The predicted molar refractivity (Wildman–Crippen MR) is 74.8 cm³/mol. The summed E-state index contributed by atoms with van der Waals surface area (Å²) in [4.78, 5) is 4.20. The van der Waals surface area contributed by atoms with Crippen LogP contribution in [0.2, 0.25) is 0 Å². The summed E-state index contributed by atoms with van der Waals surface area (Å²) in [7, 11) is 1.64.